The standard InChI is InChI=1S/C28H31NO3/c1-4-26(27(21(2)30)28(31)32-3)24-16-11-17-25(18-24)29(19-22-12-7-5-8-13-22)20-23-14-9-6-10-15-23/h5-18,26-27H,4,19-20H2,1-3H3/t26-,27+/m1/s1. The Bertz CT molecular complexity index is 976. The van der Waals surface area contributed by atoms with Gasteiger partial charge < -0.3 is 9.64 Å². The summed E-state index contributed by atoms with van der Waals surface area (Å²) in [5.74, 6) is -1.66. The molecule has 0 bridgehead atoms. The summed E-state index contributed by atoms with van der Waals surface area (Å²) >= 11 is 0. The first-order valence-electron chi connectivity index (χ1n) is 11.0. The number of carbonyl (C=O) groups excluding carboxylic acids is 2. The average molecular weight is 430 g/mol. The van der Waals surface area contributed by atoms with Crippen molar-refractivity contribution in [2.45, 2.75) is 39.3 Å². The Morgan fingerprint density at radius 3 is 1.88 bits per heavy atom. The number of nitrogens with zero attached hydrogens (tertiary/aromatic N) is 1. The summed E-state index contributed by atoms with van der Waals surface area (Å²) in [6, 6.07) is 28.9. The van der Waals surface area contributed by atoms with E-state index in [1.165, 1.54) is 25.2 Å². The van der Waals surface area contributed by atoms with Gasteiger partial charge in [0.25, 0.3) is 0 Å². The smallest absolute Gasteiger partial charge is 0.316 e. The van der Waals surface area contributed by atoms with Crippen molar-refractivity contribution in [3.8, 4) is 0 Å². The van der Waals surface area contributed by atoms with Crippen LogP contribution in [0.25, 0.3) is 0 Å². The largest absolute Gasteiger partial charge is 0.468 e. The molecule has 4 nitrogen and oxygen atoms in total. The second-order valence-electron chi connectivity index (χ2n) is 8.05. The van der Waals surface area contributed by atoms with Gasteiger partial charge in [0.2, 0.25) is 0 Å². The summed E-state index contributed by atoms with van der Waals surface area (Å²) in [6.07, 6.45) is 0.667. The molecule has 0 heterocycles. The van der Waals surface area contributed by atoms with Gasteiger partial charge in [-0.05, 0) is 42.2 Å². The molecule has 0 saturated carbocycles. The van der Waals surface area contributed by atoms with E-state index in [2.05, 4.69) is 41.3 Å². The zero-order valence-corrected chi connectivity index (χ0v) is 19.0. The van der Waals surface area contributed by atoms with E-state index in [0.29, 0.717) is 6.42 Å². The Hall–Kier alpha value is -3.40. The molecule has 0 spiro atoms. The first-order chi connectivity index (χ1) is 15.5. The maximum absolute atomic E-state index is 12.4. The van der Waals surface area contributed by atoms with E-state index in [1.807, 2.05) is 55.5 Å². The van der Waals surface area contributed by atoms with E-state index >= 15 is 0 Å². The van der Waals surface area contributed by atoms with Crippen molar-refractivity contribution in [2.75, 3.05) is 12.0 Å². The lowest BCUT2D eigenvalue weighted by molar-refractivity contribution is -0.150. The Labute approximate surface area is 190 Å². The number of benzene rings is 3. The molecular weight excluding hydrogens is 398 g/mol. The first kappa shape index (κ1) is 23.3. The fraction of sp³-hybridized carbons (Fsp3) is 0.286. The zero-order valence-electron chi connectivity index (χ0n) is 19.0. The van der Waals surface area contributed by atoms with Gasteiger partial charge >= 0.3 is 5.97 Å². The third-order valence-electron chi connectivity index (χ3n) is 5.83. The molecule has 0 saturated heterocycles. The van der Waals surface area contributed by atoms with Gasteiger partial charge in [-0.2, -0.15) is 0 Å². The number of rotatable bonds is 10. The van der Waals surface area contributed by atoms with E-state index in [-0.39, 0.29) is 11.7 Å². The summed E-state index contributed by atoms with van der Waals surface area (Å²) in [4.78, 5) is 27.0. The van der Waals surface area contributed by atoms with Gasteiger partial charge in [-0.15, -0.1) is 0 Å². The van der Waals surface area contributed by atoms with Crippen molar-refractivity contribution < 1.29 is 14.3 Å². The second kappa shape index (κ2) is 11.3. The molecule has 0 unspecified atom stereocenters. The zero-order chi connectivity index (χ0) is 22.9. The van der Waals surface area contributed by atoms with Crippen molar-refractivity contribution >= 4 is 17.4 Å². The van der Waals surface area contributed by atoms with E-state index in [4.69, 9.17) is 4.74 Å². The van der Waals surface area contributed by atoms with Crippen molar-refractivity contribution in [1.82, 2.24) is 0 Å². The fourth-order valence-electron chi connectivity index (χ4n) is 4.20. The van der Waals surface area contributed by atoms with Gasteiger partial charge in [0.1, 0.15) is 11.7 Å². The van der Waals surface area contributed by atoms with Crippen LogP contribution in [0.2, 0.25) is 0 Å². The third-order valence-corrected chi connectivity index (χ3v) is 5.83. The minimum atomic E-state index is -0.794. The number of esters is 1. The average Bonchev–Trinajstić information content (AvgIpc) is 2.82. The monoisotopic (exact) mass is 429 g/mol. The number of anilines is 1. The molecule has 3 aromatic rings. The summed E-state index contributed by atoms with van der Waals surface area (Å²) in [5, 5.41) is 0. The predicted molar refractivity (Wildman–Crippen MR) is 128 cm³/mol. The minimum Gasteiger partial charge on any atom is -0.468 e. The molecule has 0 amide bonds. The molecule has 0 aliphatic carbocycles. The lowest BCUT2D eigenvalue weighted by Gasteiger charge is -2.28. The number of Topliss-reactive ketones (excluding diaryl/α,β-unsaturated/α-hetero) is 1. The summed E-state index contributed by atoms with van der Waals surface area (Å²) in [5.41, 5.74) is 4.47. The van der Waals surface area contributed by atoms with Crippen LogP contribution in [0.3, 0.4) is 0 Å². The van der Waals surface area contributed by atoms with E-state index in [0.717, 1.165) is 24.3 Å². The van der Waals surface area contributed by atoms with Crippen LogP contribution in [0, 0.1) is 5.92 Å². The van der Waals surface area contributed by atoms with Crippen LogP contribution in [0.15, 0.2) is 84.9 Å². The van der Waals surface area contributed by atoms with Crippen LogP contribution >= 0.6 is 0 Å². The minimum absolute atomic E-state index is 0.167. The van der Waals surface area contributed by atoms with Crippen molar-refractivity contribution in [2.24, 2.45) is 5.92 Å². The quantitative estimate of drug-likeness (QED) is 0.303. The van der Waals surface area contributed by atoms with Crippen LogP contribution in [0.4, 0.5) is 5.69 Å². The van der Waals surface area contributed by atoms with E-state index in [1.54, 1.807) is 0 Å². The van der Waals surface area contributed by atoms with E-state index in [9.17, 15) is 9.59 Å². The highest BCUT2D eigenvalue weighted by molar-refractivity contribution is 5.98. The van der Waals surface area contributed by atoms with Gasteiger partial charge in [-0.1, -0.05) is 79.7 Å². The molecule has 3 rings (SSSR count). The van der Waals surface area contributed by atoms with Crippen molar-refractivity contribution in [3.63, 3.8) is 0 Å². The molecule has 32 heavy (non-hydrogen) atoms. The highest BCUT2D eigenvalue weighted by Crippen LogP contribution is 2.33. The number of hydrogen-bond acceptors (Lipinski definition) is 4. The topological polar surface area (TPSA) is 46.6 Å². The molecule has 0 N–H and O–H groups in total. The van der Waals surface area contributed by atoms with Gasteiger partial charge in [0, 0.05) is 24.7 Å². The Kier molecular flexibility index (Phi) is 8.20. The Balaban J connectivity index is 1.97. The fourth-order valence-corrected chi connectivity index (χ4v) is 4.20. The molecule has 4 heteroatoms. The van der Waals surface area contributed by atoms with Gasteiger partial charge in [0.15, 0.2) is 0 Å². The Morgan fingerprint density at radius 2 is 1.41 bits per heavy atom. The molecule has 0 aliphatic heterocycles. The van der Waals surface area contributed by atoms with Gasteiger partial charge in [-0.3, -0.25) is 9.59 Å². The summed E-state index contributed by atoms with van der Waals surface area (Å²) in [7, 11) is 1.34. The molecule has 0 radical (unpaired) electrons. The lowest BCUT2D eigenvalue weighted by Crippen LogP contribution is -2.30. The second-order valence-corrected chi connectivity index (χ2v) is 8.05. The summed E-state index contributed by atoms with van der Waals surface area (Å²) < 4.78 is 4.94. The van der Waals surface area contributed by atoms with Crippen LogP contribution in [0.5, 0.6) is 0 Å². The lowest BCUT2D eigenvalue weighted by atomic mass is 9.81. The number of ether oxygens (including phenoxy) is 1. The molecular formula is C28H31NO3. The molecule has 0 aliphatic rings. The van der Waals surface area contributed by atoms with Crippen LogP contribution in [-0.4, -0.2) is 18.9 Å². The SMILES string of the molecule is CC[C@H](c1cccc(N(Cc2ccccc2)Cc2ccccc2)c1)[C@H](C(C)=O)C(=O)OC. The van der Waals surface area contributed by atoms with Crippen LogP contribution < -0.4 is 4.90 Å². The van der Waals surface area contributed by atoms with Gasteiger partial charge in [0.05, 0.1) is 7.11 Å². The van der Waals surface area contributed by atoms with E-state index < -0.39 is 11.9 Å². The van der Waals surface area contributed by atoms with Crippen molar-refractivity contribution in [3.05, 3.63) is 102 Å². The normalized spacial score (nSPS) is 12.6. The predicted octanol–water partition coefficient (Wildman–Crippen LogP) is 5.77. The number of carbonyl (C=O) groups is 2. The first-order valence-corrected chi connectivity index (χ1v) is 11.0. The van der Waals surface area contributed by atoms with Gasteiger partial charge in [-0.25, -0.2) is 0 Å². The molecule has 166 valence electrons. The number of ketones is 1. The maximum atomic E-state index is 12.4. The number of hydrogen-bond donors (Lipinski definition) is 0. The van der Waals surface area contributed by atoms with Crippen LogP contribution in [0.1, 0.15) is 42.9 Å². The summed E-state index contributed by atoms with van der Waals surface area (Å²) in [6.45, 7) is 4.97. The third kappa shape index (κ3) is 5.85. The molecule has 2 atom stereocenters. The van der Waals surface area contributed by atoms with Crippen molar-refractivity contribution in [1.29, 1.82) is 0 Å². The molecule has 3 aromatic carbocycles. The Morgan fingerprint density at radius 1 is 0.844 bits per heavy atom. The highest BCUT2D eigenvalue weighted by Gasteiger charge is 2.33. The highest BCUT2D eigenvalue weighted by atomic mass is 16.5. The maximum Gasteiger partial charge on any atom is 0.316 e. The molecule has 0 aromatic heterocycles. The van der Waals surface area contributed by atoms with Crippen LogP contribution in [-0.2, 0) is 27.4 Å². The number of methoxy groups -OCH3 is 1. The molecule has 0 fully saturated rings.